The van der Waals surface area contributed by atoms with Gasteiger partial charge in [0.1, 0.15) is 11.8 Å². The quantitative estimate of drug-likeness (QED) is 0.603. The molecule has 2 aliphatic rings. The second kappa shape index (κ2) is 9.03. The van der Waals surface area contributed by atoms with E-state index in [0.29, 0.717) is 25.8 Å². The van der Waals surface area contributed by atoms with Crippen LogP contribution in [0.3, 0.4) is 0 Å². The summed E-state index contributed by atoms with van der Waals surface area (Å²) in [5.41, 5.74) is -0.379. The molecule has 6 bridgehead atoms. The average molecular weight is 439 g/mol. The second-order valence-electron chi connectivity index (χ2n) is 7.88. The molecule has 11 heteroatoms. The largest absolute Gasteiger partial charge is 0.475 e. The number of halogens is 3. The molecule has 31 heavy (non-hydrogen) atoms. The summed E-state index contributed by atoms with van der Waals surface area (Å²) in [4.78, 5) is 15.7. The van der Waals surface area contributed by atoms with E-state index in [1.807, 2.05) is 0 Å². The number of carbonyl (C=O) groups is 1. The minimum atomic E-state index is -3.10. The Bertz CT molecular complexity index is 939. The molecule has 0 radical (unpaired) electrons. The van der Waals surface area contributed by atoms with E-state index < -0.39 is 24.0 Å². The first-order valence-corrected chi connectivity index (χ1v) is 10.3. The molecule has 1 fully saturated rings. The Morgan fingerprint density at radius 1 is 1.19 bits per heavy atom. The molecule has 0 aromatic carbocycles. The van der Waals surface area contributed by atoms with Gasteiger partial charge in [-0.1, -0.05) is 0 Å². The van der Waals surface area contributed by atoms with Crippen LogP contribution in [-0.4, -0.2) is 40.0 Å². The van der Waals surface area contributed by atoms with E-state index in [2.05, 4.69) is 25.8 Å². The van der Waals surface area contributed by atoms with Crippen LogP contribution in [0.4, 0.5) is 29.5 Å². The maximum absolute atomic E-state index is 14.6. The fourth-order valence-corrected chi connectivity index (χ4v) is 3.94. The van der Waals surface area contributed by atoms with Crippen LogP contribution < -0.4 is 15.4 Å². The molecule has 2 aromatic heterocycles. The van der Waals surface area contributed by atoms with Gasteiger partial charge in [-0.2, -0.15) is 5.10 Å². The number of alkyl halides is 2. The number of H-pyrrole nitrogens is 1. The minimum Gasteiger partial charge on any atom is -0.475 e. The van der Waals surface area contributed by atoms with Crippen LogP contribution in [0, 0.1) is 5.82 Å². The summed E-state index contributed by atoms with van der Waals surface area (Å²) in [6, 6.07) is 2.94. The summed E-state index contributed by atoms with van der Waals surface area (Å²) < 4.78 is 52.4. The number of anilines is 2. The summed E-state index contributed by atoms with van der Waals surface area (Å²) in [5, 5.41) is 12.5. The number of nitrogens with zero attached hydrogens (tertiary/aromatic N) is 2. The highest BCUT2D eigenvalue weighted by atomic mass is 19.3. The molecule has 0 spiro atoms. The van der Waals surface area contributed by atoms with Gasteiger partial charge in [0.05, 0.1) is 11.8 Å². The first kappa shape index (κ1) is 21.3. The van der Waals surface area contributed by atoms with Gasteiger partial charge in [0, 0.05) is 30.3 Å². The molecular formula is C20H24F3N5O3. The van der Waals surface area contributed by atoms with Crippen molar-refractivity contribution in [2.24, 2.45) is 0 Å². The lowest BCUT2D eigenvalue weighted by atomic mass is 10.0. The van der Waals surface area contributed by atoms with Crippen molar-refractivity contribution in [2.45, 2.75) is 63.6 Å². The number of pyridine rings is 1. The zero-order valence-corrected chi connectivity index (χ0v) is 17.0. The van der Waals surface area contributed by atoms with E-state index in [4.69, 9.17) is 9.47 Å². The normalized spacial score (nSPS) is 24.4. The van der Waals surface area contributed by atoms with Crippen LogP contribution in [-0.2, 0) is 4.74 Å². The summed E-state index contributed by atoms with van der Waals surface area (Å²) >= 11 is 0. The number of aromatic nitrogens is 3. The smallest absolute Gasteiger partial charge is 0.407 e. The van der Waals surface area contributed by atoms with Gasteiger partial charge in [-0.05, 0) is 39.0 Å². The van der Waals surface area contributed by atoms with Gasteiger partial charge < -0.3 is 20.1 Å². The molecule has 1 amide bonds. The van der Waals surface area contributed by atoms with E-state index in [1.54, 1.807) is 13.0 Å². The Morgan fingerprint density at radius 2 is 2.03 bits per heavy atom. The summed E-state index contributed by atoms with van der Waals surface area (Å²) in [6.45, 7) is 2.13. The van der Waals surface area contributed by atoms with Crippen LogP contribution in [0.5, 0.6) is 5.88 Å². The first-order chi connectivity index (χ1) is 14.9. The lowest BCUT2D eigenvalue weighted by Gasteiger charge is -2.17. The third-order valence-electron chi connectivity index (χ3n) is 5.50. The SMILES string of the molecule is C[C@@H]1CCCNC(=O)O[C@@H]2CC[C@@H](C2)c2cc(n[nH]2)Nc2cc(nc(C(F)F)c2F)O1. The van der Waals surface area contributed by atoms with E-state index >= 15 is 0 Å². The maximum atomic E-state index is 14.6. The second-order valence-corrected chi connectivity index (χ2v) is 7.88. The number of nitrogens with one attached hydrogen (secondary N) is 3. The van der Waals surface area contributed by atoms with E-state index in [9.17, 15) is 18.0 Å². The third kappa shape index (κ3) is 5.02. The highest BCUT2D eigenvalue weighted by Gasteiger charge is 2.30. The van der Waals surface area contributed by atoms with Gasteiger partial charge in [0.2, 0.25) is 5.88 Å². The number of ether oxygens (including phenoxy) is 2. The lowest BCUT2D eigenvalue weighted by Crippen LogP contribution is -2.29. The number of amides is 1. The monoisotopic (exact) mass is 439 g/mol. The first-order valence-electron chi connectivity index (χ1n) is 10.3. The number of alkyl carbamates (subject to hydrolysis) is 1. The number of hydrogen-bond donors (Lipinski definition) is 3. The Morgan fingerprint density at radius 3 is 2.84 bits per heavy atom. The molecular weight excluding hydrogens is 415 g/mol. The van der Waals surface area contributed by atoms with Gasteiger partial charge in [0.25, 0.3) is 6.43 Å². The topological polar surface area (TPSA) is 101 Å². The van der Waals surface area contributed by atoms with Crippen molar-refractivity contribution in [3.63, 3.8) is 0 Å². The predicted octanol–water partition coefficient (Wildman–Crippen LogP) is 4.55. The minimum absolute atomic E-state index is 0.0957. The standard InChI is InChI=1S/C20H24F3N5O3/c1-10-3-2-6-24-20(29)31-12-5-4-11(7-12)13-8-15(28-27-13)25-14-9-16(30-10)26-18(17(14)21)19(22)23/h8-12,19H,2-7H2,1H3,(H,24,29)(H2,25,27,28)/t10-,11+,12-/m1/s1. The van der Waals surface area contributed by atoms with Crippen LogP contribution in [0.25, 0.3) is 0 Å². The van der Waals surface area contributed by atoms with Crippen LogP contribution in [0.1, 0.15) is 62.8 Å². The Labute approximate surface area is 176 Å². The molecule has 1 aliphatic heterocycles. The Kier molecular flexibility index (Phi) is 6.19. The van der Waals surface area contributed by atoms with Crippen molar-refractivity contribution in [2.75, 3.05) is 11.9 Å². The number of aromatic amines is 1. The fraction of sp³-hybridized carbons (Fsp3) is 0.550. The van der Waals surface area contributed by atoms with Crippen LogP contribution in [0.2, 0.25) is 0 Å². The van der Waals surface area contributed by atoms with Crippen molar-refractivity contribution in [1.82, 2.24) is 20.5 Å². The van der Waals surface area contributed by atoms with Crippen molar-refractivity contribution in [3.8, 4) is 5.88 Å². The van der Waals surface area contributed by atoms with Gasteiger partial charge in [0.15, 0.2) is 11.6 Å². The molecule has 1 saturated carbocycles. The molecule has 0 saturated heterocycles. The average Bonchev–Trinajstić information content (AvgIpc) is 3.36. The zero-order chi connectivity index (χ0) is 22.0. The number of rotatable bonds is 1. The van der Waals surface area contributed by atoms with Crippen molar-refractivity contribution in [3.05, 3.63) is 29.3 Å². The zero-order valence-electron chi connectivity index (χ0n) is 17.0. The third-order valence-corrected chi connectivity index (χ3v) is 5.50. The summed E-state index contributed by atoms with van der Waals surface area (Å²) in [7, 11) is 0. The van der Waals surface area contributed by atoms with Crippen LogP contribution in [0.15, 0.2) is 12.1 Å². The molecule has 0 unspecified atom stereocenters. The number of carbonyl (C=O) groups excluding carboxylic acids is 1. The summed E-state index contributed by atoms with van der Waals surface area (Å²) in [6.07, 6.45) is -0.856. The fourth-order valence-electron chi connectivity index (χ4n) is 3.94. The van der Waals surface area contributed by atoms with E-state index in [0.717, 1.165) is 18.5 Å². The predicted molar refractivity (Wildman–Crippen MR) is 105 cm³/mol. The van der Waals surface area contributed by atoms with Gasteiger partial charge in [-0.25, -0.2) is 22.9 Å². The van der Waals surface area contributed by atoms with E-state index in [1.165, 1.54) is 6.07 Å². The Hall–Kier alpha value is -2.98. The van der Waals surface area contributed by atoms with Gasteiger partial charge in [-0.3, -0.25) is 5.10 Å². The molecule has 8 nitrogen and oxygen atoms in total. The molecule has 3 atom stereocenters. The van der Waals surface area contributed by atoms with Gasteiger partial charge >= 0.3 is 6.09 Å². The van der Waals surface area contributed by atoms with Gasteiger partial charge in [-0.15, -0.1) is 0 Å². The number of hydrogen-bond acceptors (Lipinski definition) is 6. The van der Waals surface area contributed by atoms with Crippen LogP contribution >= 0.6 is 0 Å². The lowest BCUT2D eigenvalue weighted by molar-refractivity contribution is 0.0996. The maximum Gasteiger partial charge on any atom is 0.407 e. The summed E-state index contributed by atoms with van der Waals surface area (Å²) in [5.74, 6) is -0.887. The van der Waals surface area contributed by atoms with Crippen molar-refractivity contribution < 1.29 is 27.4 Å². The van der Waals surface area contributed by atoms with Crippen molar-refractivity contribution >= 4 is 17.6 Å². The molecule has 3 heterocycles. The molecule has 4 rings (SSSR count). The highest BCUT2D eigenvalue weighted by Crippen LogP contribution is 2.37. The van der Waals surface area contributed by atoms with E-state index in [-0.39, 0.29) is 35.5 Å². The molecule has 3 N–H and O–H groups in total. The molecule has 168 valence electrons. The molecule has 1 aliphatic carbocycles. The highest BCUT2D eigenvalue weighted by molar-refractivity contribution is 5.67. The van der Waals surface area contributed by atoms with Crippen molar-refractivity contribution in [1.29, 1.82) is 0 Å². The number of fused-ring (bicyclic) bond motifs is 7. The molecule has 2 aromatic rings. The Balaban J connectivity index is 1.63.